The van der Waals surface area contributed by atoms with Crippen LogP contribution in [0, 0.1) is 0 Å². The summed E-state index contributed by atoms with van der Waals surface area (Å²) in [7, 11) is 4.30. The third kappa shape index (κ3) is 4.26. The second-order valence-corrected chi connectivity index (χ2v) is 6.60. The minimum atomic E-state index is -0.269. The van der Waals surface area contributed by atoms with Gasteiger partial charge in [0, 0.05) is 22.6 Å². The van der Waals surface area contributed by atoms with E-state index in [0.29, 0.717) is 11.6 Å². The minimum absolute atomic E-state index is 0.269. The number of nitrogens with two attached hydrogens (primary N) is 1. The van der Waals surface area contributed by atoms with E-state index in [1.54, 1.807) is 0 Å². The van der Waals surface area contributed by atoms with E-state index in [4.69, 9.17) is 5.84 Å². The van der Waals surface area contributed by atoms with Crippen LogP contribution in [0.3, 0.4) is 0 Å². The molecular formula is C15H23BrN4O. The number of halogens is 1. The van der Waals surface area contributed by atoms with Gasteiger partial charge in [0.2, 0.25) is 0 Å². The van der Waals surface area contributed by atoms with Crippen molar-refractivity contribution >= 4 is 21.8 Å². The van der Waals surface area contributed by atoms with Crippen LogP contribution >= 0.6 is 15.9 Å². The first-order valence-electron chi connectivity index (χ1n) is 7.19. The Kier molecular flexibility index (Phi) is 5.75. The Hall–Kier alpha value is -0.950. The molecule has 1 aliphatic rings. The molecule has 21 heavy (non-hydrogen) atoms. The molecule has 6 heteroatoms. The Morgan fingerprint density at radius 1 is 1.43 bits per heavy atom. The third-order valence-electron chi connectivity index (χ3n) is 4.13. The number of carbonyl (C=O) groups excluding carboxylic acids is 1. The Labute approximate surface area is 134 Å². The van der Waals surface area contributed by atoms with Crippen LogP contribution < -0.4 is 11.3 Å². The van der Waals surface area contributed by atoms with Gasteiger partial charge in [0.25, 0.3) is 5.91 Å². The average Bonchev–Trinajstić information content (AvgIpc) is 2.49. The molecule has 1 aromatic rings. The second-order valence-electron chi connectivity index (χ2n) is 5.75. The van der Waals surface area contributed by atoms with Gasteiger partial charge in [-0.2, -0.15) is 0 Å². The Bertz CT molecular complexity index is 498. The van der Waals surface area contributed by atoms with Gasteiger partial charge in [0.05, 0.1) is 0 Å². The van der Waals surface area contributed by atoms with Crippen LogP contribution in [0.15, 0.2) is 22.7 Å². The number of carbonyl (C=O) groups is 1. The van der Waals surface area contributed by atoms with Crippen LogP contribution in [0.2, 0.25) is 0 Å². The maximum Gasteiger partial charge on any atom is 0.265 e. The number of nitrogens with zero attached hydrogens (tertiary/aromatic N) is 2. The molecule has 1 fully saturated rings. The maximum absolute atomic E-state index is 11.5. The van der Waals surface area contributed by atoms with Gasteiger partial charge in [-0.3, -0.25) is 15.1 Å². The molecule has 0 unspecified atom stereocenters. The number of nitrogens with one attached hydrogen (secondary N) is 1. The zero-order valence-electron chi connectivity index (χ0n) is 12.6. The predicted molar refractivity (Wildman–Crippen MR) is 87.8 cm³/mol. The molecule has 0 spiro atoms. The summed E-state index contributed by atoms with van der Waals surface area (Å²) >= 11 is 3.55. The highest BCUT2D eigenvalue weighted by atomic mass is 79.9. The molecule has 0 aromatic heterocycles. The fraction of sp³-hybridized carbons (Fsp3) is 0.533. The number of piperidine rings is 1. The lowest BCUT2D eigenvalue weighted by molar-refractivity contribution is 0.0953. The van der Waals surface area contributed by atoms with E-state index in [1.807, 2.05) is 18.2 Å². The summed E-state index contributed by atoms with van der Waals surface area (Å²) in [4.78, 5) is 16.3. The average molecular weight is 355 g/mol. The van der Waals surface area contributed by atoms with E-state index in [1.165, 1.54) is 18.4 Å². The quantitative estimate of drug-likeness (QED) is 0.489. The molecule has 0 atom stereocenters. The van der Waals surface area contributed by atoms with Gasteiger partial charge < -0.3 is 4.90 Å². The fourth-order valence-corrected chi connectivity index (χ4v) is 3.24. The molecule has 0 bridgehead atoms. The number of nitrogen functional groups attached to an aromatic ring is 1. The van der Waals surface area contributed by atoms with E-state index in [2.05, 4.69) is 45.3 Å². The normalized spacial score (nSPS) is 17.2. The molecule has 0 radical (unpaired) electrons. The highest BCUT2D eigenvalue weighted by Gasteiger charge is 2.21. The topological polar surface area (TPSA) is 61.6 Å². The Morgan fingerprint density at radius 3 is 2.62 bits per heavy atom. The van der Waals surface area contributed by atoms with E-state index < -0.39 is 0 Å². The monoisotopic (exact) mass is 354 g/mol. The van der Waals surface area contributed by atoms with Crippen molar-refractivity contribution in [2.45, 2.75) is 25.4 Å². The number of benzene rings is 1. The van der Waals surface area contributed by atoms with Crippen molar-refractivity contribution in [1.82, 2.24) is 15.2 Å². The number of rotatable bonds is 4. The summed E-state index contributed by atoms with van der Waals surface area (Å²) < 4.78 is 0.957. The molecule has 1 amide bonds. The summed E-state index contributed by atoms with van der Waals surface area (Å²) in [5.74, 6) is 4.88. The summed E-state index contributed by atoms with van der Waals surface area (Å²) in [5.41, 5.74) is 3.92. The van der Waals surface area contributed by atoms with Gasteiger partial charge in [0.1, 0.15) is 0 Å². The Balaban J connectivity index is 1.96. The number of likely N-dealkylation sites (tertiary alicyclic amines) is 1. The fourth-order valence-electron chi connectivity index (χ4n) is 2.73. The van der Waals surface area contributed by atoms with Gasteiger partial charge in [0.15, 0.2) is 0 Å². The van der Waals surface area contributed by atoms with Gasteiger partial charge in [-0.15, -0.1) is 0 Å². The summed E-state index contributed by atoms with van der Waals surface area (Å²) in [6.45, 7) is 3.13. The lowest BCUT2D eigenvalue weighted by atomic mass is 10.0. The largest absolute Gasteiger partial charge is 0.306 e. The molecule has 5 nitrogen and oxygen atoms in total. The standard InChI is InChI=1S/C15H23BrN4O/c1-19(2)13-5-7-20(8-6-13)10-12-4-3-11(9-14(12)16)15(21)18-17/h3-4,9,13H,5-8,10,17H2,1-2H3,(H,18,21). The molecule has 0 aliphatic carbocycles. The van der Waals surface area contributed by atoms with Crippen LogP contribution in [-0.4, -0.2) is 48.9 Å². The summed E-state index contributed by atoms with van der Waals surface area (Å²) in [6, 6.07) is 6.33. The molecule has 116 valence electrons. The van der Waals surface area contributed by atoms with E-state index >= 15 is 0 Å². The van der Waals surface area contributed by atoms with Gasteiger partial charge in [-0.1, -0.05) is 22.0 Å². The summed E-state index contributed by atoms with van der Waals surface area (Å²) in [5, 5.41) is 0. The SMILES string of the molecule is CN(C)C1CCN(Cc2ccc(C(=O)NN)cc2Br)CC1. The lowest BCUT2D eigenvalue weighted by Crippen LogP contribution is -2.41. The van der Waals surface area contributed by atoms with Crippen molar-refractivity contribution in [1.29, 1.82) is 0 Å². The molecule has 3 N–H and O–H groups in total. The van der Waals surface area contributed by atoms with Crippen LogP contribution in [-0.2, 0) is 6.54 Å². The highest BCUT2D eigenvalue weighted by Crippen LogP contribution is 2.23. The molecule has 1 saturated heterocycles. The van der Waals surface area contributed by atoms with E-state index in [-0.39, 0.29) is 5.91 Å². The van der Waals surface area contributed by atoms with Crippen LogP contribution in [0.25, 0.3) is 0 Å². The smallest absolute Gasteiger partial charge is 0.265 e. The van der Waals surface area contributed by atoms with Crippen molar-refractivity contribution in [2.75, 3.05) is 27.2 Å². The van der Waals surface area contributed by atoms with Crippen molar-refractivity contribution in [3.63, 3.8) is 0 Å². The number of hydrazine groups is 1. The van der Waals surface area contributed by atoms with Crippen molar-refractivity contribution in [3.8, 4) is 0 Å². The Morgan fingerprint density at radius 2 is 2.10 bits per heavy atom. The predicted octanol–water partition coefficient (Wildman–Crippen LogP) is 1.58. The number of hydrogen-bond acceptors (Lipinski definition) is 4. The summed E-state index contributed by atoms with van der Waals surface area (Å²) in [6.07, 6.45) is 2.41. The van der Waals surface area contributed by atoms with Gasteiger partial charge in [-0.05, 0) is 57.7 Å². The number of amides is 1. The van der Waals surface area contributed by atoms with Crippen LogP contribution in [0.5, 0.6) is 0 Å². The molecule has 1 aromatic carbocycles. The van der Waals surface area contributed by atoms with Crippen LogP contribution in [0.1, 0.15) is 28.8 Å². The lowest BCUT2D eigenvalue weighted by Gasteiger charge is -2.35. The maximum atomic E-state index is 11.5. The molecule has 0 saturated carbocycles. The first-order chi connectivity index (χ1) is 10.0. The minimum Gasteiger partial charge on any atom is -0.306 e. The van der Waals surface area contributed by atoms with Crippen molar-refractivity contribution in [2.24, 2.45) is 5.84 Å². The van der Waals surface area contributed by atoms with Crippen LogP contribution in [0.4, 0.5) is 0 Å². The zero-order valence-corrected chi connectivity index (χ0v) is 14.2. The first-order valence-corrected chi connectivity index (χ1v) is 7.98. The molecule has 2 rings (SSSR count). The van der Waals surface area contributed by atoms with Crippen molar-refractivity contribution < 1.29 is 4.79 Å². The van der Waals surface area contributed by atoms with E-state index in [0.717, 1.165) is 24.1 Å². The van der Waals surface area contributed by atoms with Gasteiger partial charge >= 0.3 is 0 Å². The second kappa shape index (κ2) is 7.35. The molecular weight excluding hydrogens is 332 g/mol. The van der Waals surface area contributed by atoms with Crippen molar-refractivity contribution in [3.05, 3.63) is 33.8 Å². The van der Waals surface area contributed by atoms with Gasteiger partial charge in [-0.25, -0.2) is 5.84 Å². The first kappa shape index (κ1) is 16.4. The molecule has 1 heterocycles. The molecule has 1 aliphatic heterocycles. The zero-order chi connectivity index (χ0) is 15.4. The van der Waals surface area contributed by atoms with E-state index in [9.17, 15) is 4.79 Å². The third-order valence-corrected chi connectivity index (χ3v) is 4.87. The number of hydrogen-bond donors (Lipinski definition) is 2. The highest BCUT2D eigenvalue weighted by molar-refractivity contribution is 9.10.